The number of hydrogen-bond acceptors (Lipinski definition) is 1. The highest BCUT2D eigenvalue weighted by Gasteiger charge is 2.15. The Kier molecular flexibility index (Phi) is 4.55. The van der Waals surface area contributed by atoms with Gasteiger partial charge >= 0.3 is 0 Å². The second-order valence-electron chi connectivity index (χ2n) is 4.61. The summed E-state index contributed by atoms with van der Waals surface area (Å²) in [6.45, 7) is 8.48. The monoisotopic (exact) mass is 215 g/mol. The summed E-state index contributed by atoms with van der Waals surface area (Å²) in [7, 11) is 0. The van der Waals surface area contributed by atoms with Crippen molar-refractivity contribution in [2.24, 2.45) is 11.8 Å². The first-order valence-electron chi connectivity index (χ1n) is 6.08. The molecule has 0 aromatic rings. The first-order chi connectivity index (χ1) is 7.60. The van der Waals surface area contributed by atoms with Crippen LogP contribution in [0.2, 0.25) is 0 Å². The van der Waals surface area contributed by atoms with E-state index in [-0.39, 0.29) is 0 Å². The highest BCUT2D eigenvalue weighted by molar-refractivity contribution is 5.37. The molecule has 1 aliphatic rings. The standard InChI is InChI=1S/C15H21N/c1-5-15(12(3)10-16)13(4)14-8-6-11(2)7-9-14/h6,8-9,11,13H,5,7H2,1-4H3/b15-12+. The summed E-state index contributed by atoms with van der Waals surface area (Å²) in [5.74, 6) is 1.04. The average Bonchev–Trinajstić information content (AvgIpc) is 2.30. The van der Waals surface area contributed by atoms with Crippen LogP contribution in [0.3, 0.4) is 0 Å². The number of allylic oxidation sites excluding steroid dienone is 6. The van der Waals surface area contributed by atoms with Gasteiger partial charge in [0, 0.05) is 11.5 Å². The van der Waals surface area contributed by atoms with E-state index in [9.17, 15) is 0 Å². The summed E-state index contributed by atoms with van der Waals surface area (Å²) in [6, 6.07) is 2.27. The molecule has 0 saturated heterocycles. The van der Waals surface area contributed by atoms with E-state index >= 15 is 0 Å². The van der Waals surface area contributed by atoms with Gasteiger partial charge in [0.2, 0.25) is 0 Å². The van der Waals surface area contributed by atoms with Crippen molar-refractivity contribution >= 4 is 0 Å². The highest BCUT2D eigenvalue weighted by Crippen LogP contribution is 2.29. The molecule has 0 amide bonds. The quantitative estimate of drug-likeness (QED) is 0.640. The van der Waals surface area contributed by atoms with Crippen LogP contribution < -0.4 is 0 Å². The molecule has 1 aliphatic carbocycles. The summed E-state index contributed by atoms with van der Waals surface area (Å²) >= 11 is 0. The van der Waals surface area contributed by atoms with Crippen molar-refractivity contribution in [1.82, 2.24) is 0 Å². The number of hydrogen-bond donors (Lipinski definition) is 0. The van der Waals surface area contributed by atoms with Crippen molar-refractivity contribution in [2.45, 2.75) is 40.5 Å². The Morgan fingerprint density at radius 2 is 2.31 bits per heavy atom. The minimum absolute atomic E-state index is 0.383. The topological polar surface area (TPSA) is 23.8 Å². The van der Waals surface area contributed by atoms with Crippen molar-refractivity contribution in [2.75, 3.05) is 0 Å². The van der Waals surface area contributed by atoms with Crippen LogP contribution in [0.4, 0.5) is 0 Å². The van der Waals surface area contributed by atoms with E-state index in [1.165, 1.54) is 11.1 Å². The lowest BCUT2D eigenvalue weighted by Gasteiger charge is -2.20. The fourth-order valence-electron chi connectivity index (χ4n) is 2.23. The third-order valence-electron chi connectivity index (χ3n) is 3.40. The van der Waals surface area contributed by atoms with E-state index < -0.39 is 0 Å². The lowest BCUT2D eigenvalue weighted by atomic mass is 9.84. The summed E-state index contributed by atoms with van der Waals surface area (Å²) < 4.78 is 0. The van der Waals surface area contributed by atoms with E-state index in [1.54, 1.807) is 0 Å². The van der Waals surface area contributed by atoms with E-state index in [0.717, 1.165) is 18.4 Å². The molecule has 0 heterocycles. The van der Waals surface area contributed by atoms with Crippen molar-refractivity contribution < 1.29 is 0 Å². The molecule has 2 unspecified atom stereocenters. The molecule has 0 saturated carbocycles. The zero-order chi connectivity index (χ0) is 12.1. The molecule has 1 nitrogen and oxygen atoms in total. The van der Waals surface area contributed by atoms with E-state index in [2.05, 4.69) is 45.1 Å². The van der Waals surface area contributed by atoms with Crippen LogP contribution in [-0.2, 0) is 0 Å². The van der Waals surface area contributed by atoms with Crippen molar-refractivity contribution in [3.05, 3.63) is 34.9 Å². The number of nitriles is 1. The Morgan fingerprint density at radius 3 is 2.75 bits per heavy atom. The molecular formula is C15H21N. The van der Waals surface area contributed by atoms with Crippen LogP contribution in [0.5, 0.6) is 0 Å². The lowest BCUT2D eigenvalue weighted by Crippen LogP contribution is -2.07. The van der Waals surface area contributed by atoms with Gasteiger partial charge in [-0.05, 0) is 36.8 Å². The Morgan fingerprint density at radius 1 is 1.62 bits per heavy atom. The molecule has 0 radical (unpaired) electrons. The average molecular weight is 215 g/mol. The van der Waals surface area contributed by atoms with Gasteiger partial charge < -0.3 is 0 Å². The van der Waals surface area contributed by atoms with E-state index in [0.29, 0.717) is 11.8 Å². The molecule has 0 spiro atoms. The van der Waals surface area contributed by atoms with Crippen LogP contribution in [0.25, 0.3) is 0 Å². The maximum absolute atomic E-state index is 8.98. The summed E-state index contributed by atoms with van der Waals surface area (Å²) in [5.41, 5.74) is 3.51. The molecule has 0 N–H and O–H groups in total. The molecule has 0 aromatic carbocycles. The largest absolute Gasteiger partial charge is 0.193 e. The van der Waals surface area contributed by atoms with Crippen molar-refractivity contribution in [3.63, 3.8) is 0 Å². The SMILES string of the molecule is CC/C(=C(/C)C#N)C(C)C1=CCC(C)C=C1. The fourth-order valence-corrected chi connectivity index (χ4v) is 2.23. The minimum Gasteiger partial charge on any atom is -0.193 e. The predicted octanol–water partition coefficient (Wildman–Crippen LogP) is 4.39. The first-order valence-corrected chi connectivity index (χ1v) is 6.08. The normalized spacial score (nSPS) is 23.2. The predicted molar refractivity (Wildman–Crippen MR) is 68.8 cm³/mol. The van der Waals surface area contributed by atoms with Gasteiger partial charge in [-0.15, -0.1) is 0 Å². The van der Waals surface area contributed by atoms with E-state index in [4.69, 9.17) is 5.26 Å². The molecular weight excluding hydrogens is 194 g/mol. The second kappa shape index (κ2) is 5.70. The van der Waals surface area contributed by atoms with Gasteiger partial charge in [-0.25, -0.2) is 0 Å². The Balaban J connectivity index is 2.91. The Labute approximate surface area is 99.2 Å². The second-order valence-corrected chi connectivity index (χ2v) is 4.61. The molecule has 1 heteroatoms. The van der Waals surface area contributed by atoms with Crippen LogP contribution in [0, 0.1) is 23.2 Å². The molecule has 1 rings (SSSR count). The maximum atomic E-state index is 8.98. The van der Waals surface area contributed by atoms with Crippen molar-refractivity contribution in [3.8, 4) is 6.07 Å². The van der Waals surface area contributed by atoms with Gasteiger partial charge in [0.25, 0.3) is 0 Å². The van der Waals surface area contributed by atoms with Gasteiger partial charge in [-0.1, -0.05) is 39.0 Å². The zero-order valence-corrected chi connectivity index (χ0v) is 10.7. The number of nitrogens with zero attached hydrogens (tertiary/aromatic N) is 1. The Hall–Kier alpha value is -1.29. The third-order valence-corrected chi connectivity index (χ3v) is 3.40. The van der Waals surface area contributed by atoms with Crippen LogP contribution in [-0.4, -0.2) is 0 Å². The highest BCUT2D eigenvalue weighted by atomic mass is 14.3. The van der Waals surface area contributed by atoms with Crippen LogP contribution in [0.15, 0.2) is 34.9 Å². The van der Waals surface area contributed by atoms with Crippen LogP contribution in [0.1, 0.15) is 40.5 Å². The van der Waals surface area contributed by atoms with E-state index in [1.807, 2.05) is 6.92 Å². The van der Waals surface area contributed by atoms with Gasteiger partial charge in [-0.3, -0.25) is 0 Å². The molecule has 16 heavy (non-hydrogen) atoms. The molecule has 0 bridgehead atoms. The summed E-state index contributed by atoms with van der Waals surface area (Å²) in [5, 5.41) is 8.98. The fraction of sp³-hybridized carbons (Fsp3) is 0.533. The maximum Gasteiger partial charge on any atom is 0.0943 e. The molecule has 0 aromatic heterocycles. The van der Waals surface area contributed by atoms with Gasteiger partial charge in [0.1, 0.15) is 0 Å². The zero-order valence-electron chi connectivity index (χ0n) is 10.7. The van der Waals surface area contributed by atoms with Crippen molar-refractivity contribution in [1.29, 1.82) is 5.26 Å². The summed E-state index contributed by atoms with van der Waals surface area (Å²) in [4.78, 5) is 0. The van der Waals surface area contributed by atoms with Gasteiger partial charge in [0.05, 0.1) is 6.07 Å². The van der Waals surface area contributed by atoms with Gasteiger partial charge in [-0.2, -0.15) is 5.26 Å². The Bertz CT molecular complexity index is 377. The smallest absolute Gasteiger partial charge is 0.0943 e. The number of rotatable bonds is 3. The molecule has 86 valence electrons. The summed E-state index contributed by atoms with van der Waals surface area (Å²) in [6.07, 6.45) is 8.88. The lowest BCUT2D eigenvalue weighted by molar-refractivity contribution is 0.696. The molecule has 0 fully saturated rings. The van der Waals surface area contributed by atoms with Gasteiger partial charge in [0.15, 0.2) is 0 Å². The first kappa shape index (κ1) is 12.8. The molecule has 0 aliphatic heterocycles. The van der Waals surface area contributed by atoms with Crippen LogP contribution >= 0.6 is 0 Å². The molecule has 2 atom stereocenters. The minimum atomic E-state index is 0.383. The third kappa shape index (κ3) is 2.85.